The summed E-state index contributed by atoms with van der Waals surface area (Å²) in [5, 5.41) is 2.31. The van der Waals surface area contributed by atoms with Gasteiger partial charge in [0.2, 0.25) is 0 Å². The third kappa shape index (κ3) is 2.21. The molecule has 17 heavy (non-hydrogen) atoms. The minimum absolute atomic E-state index is 0.646. The third-order valence-corrected chi connectivity index (χ3v) is 2.72. The van der Waals surface area contributed by atoms with Gasteiger partial charge in [0.05, 0.1) is 13.2 Å². The zero-order valence-electron chi connectivity index (χ0n) is 10.6. The Balaban J connectivity index is 2.69. The van der Waals surface area contributed by atoms with Gasteiger partial charge >= 0.3 is 0 Å². The first kappa shape index (κ1) is 11.8. The van der Waals surface area contributed by atoms with Gasteiger partial charge in [-0.2, -0.15) is 0 Å². The Morgan fingerprint density at radius 2 is 1.59 bits per heavy atom. The molecule has 0 atom stereocenters. The van der Waals surface area contributed by atoms with E-state index in [-0.39, 0.29) is 0 Å². The first-order valence-corrected chi connectivity index (χ1v) is 6.05. The van der Waals surface area contributed by atoms with Crippen molar-refractivity contribution >= 4 is 10.8 Å². The summed E-state index contributed by atoms with van der Waals surface area (Å²) in [6, 6.07) is 10.4. The maximum absolute atomic E-state index is 5.76. The van der Waals surface area contributed by atoms with Gasteiger partial charge in [-0.3, -0.25) is 0 Å². The topological polar surface area (TPSA) is 18.5 Å². The maximum Gasteiger partial charge on any atom is 0.169 e. The van der Waals surface area contributed by atoms with Gasteiger partial charge in [0.15, 0.2) is 11.5 Å². The molecule has 0 radical (unpaired) electrons. The zero-order valence-corrected chi connectivity index (χ0v) is 10.6. The largest absolute Gasteiger partial charge is 0.490 e. The van der Waals surface area contributed by atoms with E-state index in [1.807, 2.05) is 26.0 Å². The molecule has 0 unspecified atom stereocenters. The quantitative estimate of drug-likeness (QED) is 0.792. The second kappa shape index (κ2) is 5.09. The van der Waals surface area contributed by atoms with E-state index < -0.39 is 0 Å². The molecule has 2 rings (SSSR count). The van der Waals surface area contributed by atoms with Crippen molar-refractivity contribution in [1.29, 1.82) is 0 Å². The van der Waals surface area contributed by atoms with Crippen LogP contribution in [0.4, 0.5) is 0 Å². The molecular formula is C15H18O2. The van der Waals surface area contributed by atoms with Gasteiger partial charge in [-0.15, -0.1) is 0 Å². The van der Waals surface area contributed by atoms with Crippen molar-refractivity contribution in [2.75, 3.05) is 13.2 Å². The van der Waals surface area contributed by atoms with Crippen molar-refractivity contribution in [3.8, 4) is 11.5 Å². The summed E-state index contributed by atoms with van der Waals surface area (Å²) in [6.07, 6.45) is 0. The fourth-order valence-corrected chi connectivity index (χ4v) is 2.04. The second-order valence-corrected chi connectivity index (χ2v) is 3.94. The standard InChI is InChI=1S/C15H18O2/c1-4-16-14-11(3)10-12-8-6-7-9-13(12)15(14)17-5-2/h6-10H,4-5H2,1-3H3. The van der Waals surface area contributed by atoms with Crippen molar-refractivity contribution in [1.82, 2.24) is 0 Å². The lowest BCUT2D eigenvalue weighted by molar-refractivity contribution is 0.289. The minimum atomic E-state index is 0.646. The molecule has 2 nitrogen and oxygen atoms in total. The van der Waals surface area contributed by atoms with E-state index in [0.717, 1.165) is 22.4 Å². The van der Waals surface area contributed by atoms with Crippen molar-refractivity contribution in [2.45, 2.75) is 20.8 Å². The van der Waals surface area contributed by atoms with Crippen LogP contribution < -0.4 is 9.47 Å². The Hall–Kier alpha value is -1.70. The Morgan fingerprint density at radius 3 is 2.29 bits per heavy atom. The molecule has 0 N–H and O–H groups in total. The molecule has 2 heteroatoms. The Morgan fingerprint density at radius 1 is 0.941 bits per heavy atom. The summed E-state index contributed by atoms with van der Waals surface area (Å²) in [4.78, 5) is 0. The van der Waals surface area contributed by atoms with Gasteiger partial charge in [-0.25, -0.2) is 0 Å². The zero-order chi connectivity index (χ0) is 12.3. The fourth-order valence-electron chi connectivity index (χ4n) is 2.04. The minimum Gasteiger partial charge on any atom is -0.490 e. The van der Waals surface area contributed by atoms with Gasteiger partial charge in [-0.05, 0) is 37.8 Å². The second-order valence-electron chi connectivity index (χ2n) is 3.94. The molecule has 0 saturated carbocycles. The first-order valence-electron chi connectivity index (χ1n) is 6.05. The van der Waals surface area contributed by atoms with Gasteiger partial charge in [0, 0.05) is 5.39 Å². The number of ether oxygens (including phenoxy) is 2. The van der Waals surface area contributed by atoms with Crippen LogP contribution >= 0.6 is 0 Å². The molecule has 0 aliphatic carbocycles. The van der Waals surface area contributed by atoms with Crippen LogP contribution in [0.1, 0.15) is 19.4 Å². The van der Waals surface area contributed by atoms with E-state index in [9.17, 15) is 0 Å². The number of fused-ring (bicyclic) bond motifs is 1. The van der Waals surface area contributed by atoms with E-state index in [1.54, 1.807) is 0 Å². The Kier molecular flexibility index (Phi) is 3.52. The van der Waals surface area contributed by atoms with Crippen LogP contribution in [-0.4, -0.2) is 13.2 Å². The summed E-state index contributed by atoms with van der Waals surface area (Å²) in [6.45, 7) is 7.34. The van der Waals surface area contributed by atoms with Gasteiger partial charge in [0.1, 0.15) is 0 Å². The molecule has 2 aromatic carbocycles. The monoisotopic (exact) mass is 230 g/mol. The highest BCUT2D eigenvalue weighted by molar-refractivity contribution is 5.91. The van der Waals surface area contributed by atoms with Gasteiger partial charge < -0.3 is 9.47 Å². The molecule has 0 aliphatic heterocycles. The van der Waals surface area contributed by atoms with Crippen LogP contribution in [0.25, 0.3) is 10.8 Å². The van der Waals surface area contributed by atoms with Crippen LogP contribution in [0.15, 0.2) is 30.3 Å². The predicted molar refractivity (Wildman–Crippen MR) is 71.0 cm³/mol. The molecule has 0 heterocycles. The number of rotatable bonds is 4. The number of aryl methyl sites for hydroxylation is 1. The maximum atomic E-state index is 5.76. The molecular weight excluding hydrogens is 212 g/mol. The Labute approximate surface area is 102 Å². The first-order chi connectivity index (χ1) is 8.27. The van der Waals surface area contributed by atoms with Crippen molar-refractivity contribution in [3.63, 3.8) is 0 Å². The summed E-state index contributed by atoms with van der Waals surface area (Å²) >= 11 is 0. The fraction of sp³-hybridized carbons (Fsp3) is 0.333. The number of hydrogen-bond acceptors (Lipinski definition) is 2. The van der Waals surface area contributed by atoms with Gasteiger partial charge in [0.25, 0.3) is 0 Å². The highest BCUT2D eigenvalue weighted by Gasteiger charge is 2.12. The van der Waals surface area contributed by atoms with Crippen molar-refractivity contribution in [3.05, 3.63) is 35.9 Å². The highest BCUT2D eigenvalue weighted by atomic mass is 16.5. The van der Waals surface area contributed by atoms with E-state index in [1.165, 1.54) is 5.39 Å². The lowest BCUT2D eigenvalue weighted by Crippen LogP contribution is -2.01. The average Bonchev–Trinajstić information content (AvgIpc) is 2.34. The molecule has 0 aliphatic rings. The predicted octanol–water partition coefficient (Wildman–Crippen LogP) is 3.95. The van der Waals surface area contributed by atoms with E-state index in [0.29, 0.717) is 13.2 Å². The lowest BCUT2D eigenvalue weighted by atomic mass is 10.1. The molecule has 0 saturated heterocycles. The SMILES string of the molecule is CCOc1c(C)cc2ccccc2c1OCC. The molecule has 0 spiro atoms. The van der Waals surface area contributed by atoms with Gasteiger partial charge in [-0.1, -0.05) is 24.3 Å². The van der Waals surface area contributed by atoms with E-state index in [2.05, 4.69) is 25.1 Å². The van der Waals surface area contributed by atoms with Crippen LogP contribution in [0.5, 0.6) is 11.5 Å². The summed E-state index contributed by atoms with van der Waals surface area (Å²) < 4.78 is 11.5. The molecule has 0 fully saturated rings. The molecule has 0 aromatic heterocycles. The highest BCUT2D eigenvalue weighted by Crippen LogP contribution is 2.38. The Bertz CT molecular complexity index is 518. The summed E-state index contributed by atoms with van der Waals surface area (Å²) in [5.74, 6) is 1.73. The molecule has 90 valence electrons. The normalized spacial score (nSPS) is 10.5. The molecule has 2 aromatic rings. The lowest BCUT2D eigenvalue weighted by Gasteiger charge is -2.16. The van der Waals surface area contributed by atoms with Crippen molar-refractivity contribution < 1.29 is 9.47 Å². The number of benzene rings is 2. The average molecular weight is 230 g/mol. The smallest absolute Gasteiger partial charge is 0.169 e. The molecule has 0 amide bonds. The number of hydrogen-bond donors (Lipinski definition) is 0. The van der Waals surface area contributed by atoms with E-state index in [4.69, 9.17) is 9.47 Å². The van der Waals surface area contributed by atoms with Crippen LogP contribution in [0.2, 0.25) is 0 Å². The van der Waals surface area contributed by atoms with Crippen LogP contribution in [0.3, 0.4) is 0 Å². The summed E-state index contributed by atoms with van der Waals surface area (Å²) in [7, 11) is 0. The summed E-state index contributed by atoms with van der Waals surface area (Å²) in [5.41, 5.74) is 1.12. The van der Waals surface area contributed by atoms with Crippen LogP contribution in [-0.2, 0) is 0 Å². The third-order valence-electron chi connectivity index (χ3n) is 2.72. The van der Waals surface area contributed by atoms with E-state index >= 15 is 0 Å². The van der Waals surface area contributed by atoms with Crippen LogP contribution in [0, 0.1) is 6.92 Å². The molecule has 0 bridgehead atoms. The van der Waals surface area contributed by atoms with Crippen molar-refractivity contribution in [2.24, 2.45) is 0 Å².